The molecule has 0 saturated carbocycles. The molecule has 0 aliphatic carbocycles. The molecule has 2 aromatic rings. The van der Waals surface area contributed by atoms with Crippen LogP contribution in [0, 0.1) is 12.3 Å². The predicted octanol–water partition coefficient (Wildman–Crippen LogP) is 4.42. The van der Waals surface area contributed by atoms with E-state index in [-0.39, 0.29) is 0 Å². The average molecular weight is 411 g/mol. The van der Waals surface area contributed by atoms with Crippen molar-refractivity contribution >= 4 is 23.5 Å². The molecule has 1 fully saturated rings. The van der Waals surface area contributed by atoms with Crippen molar-refractivity contribution < 1.29 is 4.74 Å². The van der Waals surface area contributed by atoms with Crippen molar-refractivity contribution in [1.29, 1.82) is 0 Å². The molecule has 2 aliphatic heterocycles. The predicted molar refractivity (Wildman–Crippen MR) is 119 cm³/mol. The minimum atomic E-state index is 0.400. The van der Waals surface area contributed by atoms with Gasteiger partial charge in [0.2, 0.25) is 0 Å². The Morgan fingerprint density at radius 3 is 2.68 bits per heavy atom. The summed E-state index contributed by atoms with van der Waals surface area (Å²) in [5.74, 6) is 3.71. The van der Waals surface area contributed by atoms with Gasteiger partial charge in [0.1, 0.15) is 5.75 Å². The molecule has 1 unspecified atom stereocenters. The van der Waals surface area contributed by atoms with Crippen LogP contribution in [-0.4, -0.2) is 55.9 Å². The Bertz CT molecular complexity index is 885. The third-order valence-corrected chi connectivity index (χ3v) is 7.56. The number of ether oxygens (including phenoxy) is 1. The smallest absolute Gasteiger partial charge is 0.120 e. The van der Waals surface area contributed by atoms with Crippen molar-refractivity contribution in [3.63, 3.8) is 0 Å². The molecule has 0 radical (unpaired) electrons. The Labute approximate surface area is 176 Å². The lowest BCUT2D eigenvalue weighted by Gasteiger charge is -2.39. The fourth-order valence-electron chi connectivity index (χ4n) is 4.06. The Hall–Kier alpha value is -1.58. The lowest BCUT2D eigenvalue weighted by molar-refractivity contribution is 0.102. The van der Waals surface area contributed by atoms with E-state index in [0.717, 1.165) is 44.9 Å². The lowest BCUT2D eigenvalue weighted by atomic mass is 9.96. The van der Waals surface area contributed by atoms with Crippen LogP contribution >= 0.6 is 23.5 Å². The highest BCUT2D eigenvalue weighted by atomic mass is 32.2. The van der Waals surface area contributed by atoms with Crippen molar-refractivity contribution in [2.24, 2.45) is 0 Å². The maximum Gasteiger partial charge on any atom is 0.120 e. The van der Waals surface area contributed by atoms with Crippen LogP contribution in [0.3, 0.4) is 0 Å². The van der Waals surface area contributed by atoms with Gasteiger partial charge < -0.3 is 4.74 Å². The second-order valence-corrected chi connectivity index (χ2v) is 9.18. The number of terminal acetylenes is 1. The van der Waals surface area contributed by atoms with Crippen LogP contribution in [0.5, 0.6) is 5.75 Å². The number of benzene rings is 2. The number of piperazine rings is 1. The molecule has 1 atom stereocenters. The van der Waals surface area contributed by atoms with Gasteiger partial charge in [0, 0.05) is 46.9 Å². The number of methoxy groups -OCH3 is 1. The summed E-state index contributed by atoms with van der Waals surface area (Å²) in [6.07, 6.45) is 8.69. The summed E-state index contributed by atoms with van der Waals surface area (Å²) in [7, 11) is 1.74. The highest BCUT2D eigenvalue weighted by Gasteiger charge is 2.30. The minimum absolute atomic E-state index is 0.400. The molecule has 0 aromatic heterocycles. The molecule has 1 saturated heterocycles. The number of rotatable bonds is 4. The van der Waals surface area contributed by atoms with Gasteiger partial charge in [-0.05, 0) is 54.1 Å². The number of hydrogen-bond acceptors (Lipinski definition) is 5. The van der Waals surface area contributed by atoms with Gasteiger partial charge in [0.05, 0.1) is 13.7 Å². The van der Waals surface area contributed by atoms with Crippen LogP contribution < -0.4 is 4.74 Å². The Kier molecular flexibility index (Phi) is 6.22. The van der Waals surface area contributed by atoms with E-state index in [1.807, 2.05) is 23.5 Å². The first-order valence-electron chi connectivity index (χ1n) is 9.64. The maximum atomic E-state index is 5.51. The van der Waals surface area contributed by atoms with Crippen molar-refractivity contribution in [3.05, 3.63) is 47.5 Å². The van der Waals surface area contributed by atoms with Crippen molar-refractivity contribution in [3.8, 4) is 18.1 Å². The monoisotopic (exact) mass is 410 g/mol. The summed E-state index contributed by atoms with van der Waals surface area (Å²) < 4.78 is 5.47. The average Bonchev–Trinajstić information content (AvgIpc) is 2.90. The zero-order chi connectivity index (χ0) is 19.5. The first-order valence-corrected chi connectivity index (χ1v) is 11.7. The molecule has 4 rings (SSSR count). The first kappa shape index (κ1) is 19.7. The highest BCUT2D eigenvalue weighted by molar-refractivity contribution is 7.99. The summed E-state index contributed by atoms with van der Waals surface area (Å²) in [6.45, 7) is 4.96. The van der Waals surface area contributed by atoms with Crippen LogP contribution in [-0.2, 0) is 6.42 Å². The van der Waals surface area contributed by atoms with E-state index in [9.17, 15) is 0 Å². The van der Waals surface area contributed by atoms with E-state index < -0.39 is 0 Å². The van der Waals surface area contributed by atoms with Crippen LogP contribution in [0.2, 0.25) is 0 Å². The van der Waals surface area contributed by atoms with Crippen molar-refractivity contribution in [1.82, 2.24) is 9.80 Å². The maximum absolute atomic E-state index is 5.51. The van der Waals surface area contributed by atoms with Gasteiger partial charge in [-0.25, -0.2) is 0 Å². The molecular weight excluding hydrogens is 384 g/mol. The fraction of sp³-hybridized carbons (Fsp3) is 0.391. The molecule has 28 heavy (non-hydrogen) atoms. The van der Waals surface area contributed by atoms with Crippen molar-refractivity contribution in [2.45, 2.75) is 27.1 Å². The Morgan fingerprint density at radius 1 is 1.14 bits per heavy atom. The van der Waals surface area contributed by atoms with E-state index in [0.29, 0.717) is 6.04 Å². The van der Waals surface area contributed by atoms with Crippen LogP contribution in [0.1, 0.15) is 17.2 Å². The second-order valence-electron chi connectivity index (χ2n) is 7.22. The summed E-state index contributed by atoms with van der Waals surface area (Å²) >= 11 is 3.69. The molecular formula is C23H26N2OS2. The second kappa shape index (κ2) is 8.84. The van der Waals surface area contributed by atoms with E-state index in [2.05, 4.69) is 58.4 Å². The Balaban J connectivity index is 1.69. The van der Waals surface area contributed by atoms with Gasteiger partial charge in [-0.15, -0.1) is 18.2 Å². The lowest BCUT2D eigenvalue weighted by Crippen LogP contribution is -2.48. The van der Waals surface area contributed by atoms with Gasteiger partial charge in [0.15, 0.2) is 0 Å². The SMILES string of the molecule is C#CCN1CCN(C2Cc3ccc(OC)cc3Sc3ccc(SC)cc32)CC1. The number of thioether (sulfide) groups is 1. The van der Waals surface area contributed by atoms with E-state index in [1.54, 1.807) is 7.11 Å². The fourth-order valence-corrected chi connectivity index (χ4v) is 5.65. The van der Waals surface area contributed by atoms with E-state index >= 15 is 0 Å². The quantitative estimate of drug-likeness (QED) is 0.546. The molecule has 0 amide bonds. The molecule has 0 bridgehead atoms. The Morgan fingerprint density at radius 2 is 1.96 bits per heavy atom. The molecule has 2 heterocycles. The van der Waals surface area contributed by atoms with Crippen LogP contribution in [0.25, 0.3) is 0 Å². The third kappa shape index (κ3) is 4.06. The van der Waals surface area contributed by atoms with Gasteiger partial charge in [0.25, 0.3) is 0 Å². The van der Waals surface area contributed by atoms with Gasteiger partial charge >= 0.3 is 0 Å². The molecule has 5 heteroatoms. The van der Waals surface area contributed by atoms with Crippen LogP contribution in [0.15, 0.2) is 51.1 Å². The number of fused-ring (bicyclic) bond motifs is 2. The summed E-state index contributed by atoms with van der Waals surface area (Å²) in [5.41, 5.74) is 2.86. The topological polar surface area (TPSA) is 15.7 Å². The molecule has 2 aliphatic rings. The standard InChI is InChI=1S/C23H26N2OS2/c1-4-9-24-10-12-25(13-11-24)21-14-17-5-6-18(26-2)15-23(17)28-22-8-7-19(27-3)16-20(21)22/h1,5-8,15-16,21H,9-14H2,2-3H3. The van der Waals surface area contributed by atoms with Gasteiger partial charge in [-0.3, -0.25) is 9.80 Å². The van der Waals surface area contributed by atoms with E-state index in [4.69, 9.17) is 11.2 Å². The van der Waals surface area contributed by atoms with Crippen LogP contribution in [0.4, 0.5) is 0 Å². The summed E-state index contributed by atoms with van der Waals surface area (Å²) in [4.78, 5) is 9.03. The zero-order valence-corrected chi connectivity index (χ0v) is 18.1. The number of nitrogens with zero attached hydrogens (tertiary/aromatic N) is 2. The van der Waals surface area contributed by atoms with E-state index in [1.165, 1.54) is 25.8 Å². The largest absolute Gasteiger partial charge is 0.497 e. The number of hydrogen-bond donors (Lipinski definition) is 0. The molecule has 146 valence electrons. The molecule has 2 aromatic carbocycles. The normalized spacial score (nSPS) is 20.0. The summed E-state index contributed by atoms with van der Waals surface area (Å²) in [6, 6.07) is 13.8. The van der Waals surface area contributed by atoms with Crippen molar-refractivity contribution in [2.75, 3.05) is 46.1 Å². The molecule has 3 nitrogen and oxygen atoms in total. The third-order valence-electron chi connectivity index (χ3n) is 5.65. The molecule has 0 N–H and O–H groups in total. The summed E-state index contributed by atoms with van der Waals surface area (Å²) in [5, 5.41) is 0. The van der Waals surface area contributed by atoms with Gasteiger partial charge in [-0.2, -0.15) is 0 Å². The van der Waals surface area contributed by atoms with Gasteiger partial charge in [-0.1, -0.05) is 23.7 Å². The highest BCUT2D eigenvalue weighted by Crippen LogP contribution is 2.45. The molecule has 0 spiro atoms. The minimum Gasteiger partial charge on any atom is -0.497 e. The zero-order valence-electron chi connectivity index (χ0n) is 16.5. The first-order chi connectivity index (χ1) is 13.7.